The van der Waals surface area contributed by atoms with Gasteiger partial charge in [-0.15, -0.1) is 0 Å². The number of nitrogens with one attached hydrogen (secondary N) is 1. The fourth-order valence-corrected chi connectivity index (χ4v) is 4.28. The molecule has 2 N–H and O–H groups in total. The van der Waals surface area contributed by atoms with Gasteiger partial charge in [-0.05, 0) is 31.9 Å². The number of hydrogen-bond acceptors (Lipinski definition) is 3. The van der Waals surface area contributed by atoms with Crippen LogP contribution in [-0.2, 0) is 0 Å². The van der Waals surface area contributed by atoms with Crippen LogP contribution in [0, 0.1) is 0 Å². The summed E-state index contributed by atoms with van der Waals surface area (Å²) >= 11 is 2.00. The molecular weight excluding hydrogens is 230 g/mol. The second kappa shape index (κ2) is 6.44. The van der Waals surface area contributed by atoms with Crippen molar-refractivity contribution in [2.24, 2.45) is 0 Å². The maximum Gasteiger partial charge on any atom is 0.0771 e. The monoisotopic (exact) mass is 257 g/mol. The zero-order valence-corrected chi connectivity index (χ0v) is 11.9. The number of rotatable bonds is 4. The van der Waals surface area contributed by atoms with Gasteiger partial charge in [0, 0.05) is 17.8 Å². The van der Waals surface area contributed by atoms with Crippen molar-refractivity contribution in [3.8, 4) is 0 Å². The average Bonchev–Trinajstić information content (AvgIpc) is 2.38. The molecule has 2 aliphatic rings. The first-order chi connectivity index (χ1) is 8.23. The lowest BCUT2D eigenvalue weighted by atomic mass is 9.84. The lowest BCUT2D eigenvalue weighted by molar-refractivity contribution is 0.00191. The Morgan fingerprint density at radius 3 is 2.53 bits per heavy atom. The highest BCUT2D eigenvalue weighted by Crippen LogP contribution is 2.30. The fourth-order valence-electron chi connectivity index (χ4n) is 3.32. The molecule has 2 saturated carbocycles. The van der Waals surface area contributed by atoms with Gasteiger partial charge in [-0.2, -0.15) is 11.8 Å². The molecule has 2 fully saturated rings. The van der Waals surface area contributed by atoms with Crippen LogP contribution in [0.5, 0.6) is 0 Å². The summed E-state index contributed by atoms with van der Waals surface area (Å²) in [6, 6.07) is 0.629. The normalized spacial score (nSPS) is 33.5. The Hall–Kier alpha value is 0.270. The quantitative estimate of drug-likeness (QED) is 0.812. The van der Waals surface area contributed by atoms with Crippen LogP contribution in [0.2, 0.25) is 0 Å². The summed E-state index contributed by atoms with van der Waals surface area (Å²) < 4.78 is 0. The number of aliphatic hydroxyl groups is 1. The van der Waals surface area contributed by atoms with E-state index in [1.54, 1.807) is 0 Å². The van der Waals surface area contributed by atoms with Gasteiger partial charge in [0.1, 0.15) is 0 Å². The highest BCUT2D eigenvalue weighted by Gasteiger charge is 2.31. The first kappa shape index (κ1) is 13.7. The Kier molecular flexibility index (Phi) is 5.19. The minimum absolute atomic E-state index is 0.404. The van der Waals surface area contributed by atoms with E-state index in [4.69, 9.17) is 0 Å². The zero-order chi connectivity index (χ0) is 12.1. The molecule has 2 rings (SSSR count). The van der Waals surface area contributed by atoms with Crippen molar-refractivity contribution in [1.82, 2.24) is 5.32 Å². The second-order valence-corrected chi connectivity index (χ2v) is 6.91. The smallest absolute Gasteiger partial charge is 0.0771 e. The Labute approximate surface area is 110 Å². The summed E-state index contributed by atoms with van der Waals surface area (Å²) in [6.45, 7) is 0.814. The molecule has 2 nitrogen and oxygen atoms in total. The maximum atomic E-state index is 10.5. The van der Waals surface area contributed by atoms with Gasteiger partial charge in [0.05, 0.1) is 5.60 Å². The molecule has 2 aliphatic carbocycles. The first-order valence-electron chi connectivity index (χ1n) is 7.22. The summed E-state index contributed by atoms with van der Waals surface area (Å²) in [7, 11) is 0. The molecule has 2 atom stereocenters. The third-order valence-electron chi connectivity index (χ3n) is 4.48. The van der Waals surface area contributed by atoms with Crippen LogP contribution < -0.4 is 5.32 Å². The predicted octanol–water partition coefficient (Wildman–Crippen LogP) is 2.95. The van der Waals surface area contributed by atoms with Crippen LogP contribution >= 0.6 is 11.8 Å². The lowest BCUT2D eigenvalue weighted by Crippen LogP contribution is -2.49. The molecule has 17 heavy (non-hydrogen) atoms. The van der Waals surface area contributed by atoms with E-state index in [1.165, 1.54) is 44.9 Å². The van der Waals surface area contributed by atoms with Gasteiger partial charge in [0.25, 0.3) is 0 Å². The van der Waals surface area contributed by atoms with E-state index >= 15 is 0 Å². The SMILES string of the molecule is CSC1CCCCC1NCC1(O)CCCCC1. The van der Waals surface area contributed by atoms with E-state index in [0.29, 0.717) is 6.04 Å². The van der Waals surface area contributed by atoms with Gasteiger partial charge in [-0.1, -0.05) is 32.1 Å². The minimum atomic E-state index is -0.404. The van der Waals surface area contributed by atoms with E-state index in [0.717, 1.165) is 24.6 Å². The van der Waals surface area contributed by atoms with Gasteiger partial charge in [-0.3, -0.25) is 0 Å². The molecule has 0 aromatic heterocycles. The van der Waals surface area contributed by atoms with Gasteiger partial charge in [0.2, 0.25) is 0 Å². The van der Waals surface area contributed by atoms with Crippen molar-refractivity contribution in [3.63, 3.8) is 0 Å². The number of hydrogen-bond donors (Lipinski definition) is 2. The van der Waals surface area contributed by atoms with Crippen molar-refractivity contribution >= 4 is 11.8 Å². The van der Waals surface area contributed by atoms with Gasteiger partial charge >= 0.3 is 0 Å². The highest BCUT2D eigenvalue weighted by molar-refractivity contribution is 7.99. The Balaban J connectivity index is 1.79. The van der Waals surface area contributed by atoms with E-state index in [2.05, 4.69) is 11.6 Å². The van der Waals surface area contributed by atoms with Crippen molar-refractivity contribution < 1.29 is 5.11 Å². The Morgan fingerprint density at radius 2 is 1.82 bits per heavy atom. The molecule has 0 spiro atoms. The third kappa shape index (κ3) is 3.87. The van der Waals surface area contributed by atoms with Gasteiger partial charge < -0.3 is 10.4 Å². The van der Waals surface area contributed by atoms with E-state index < -0.39 is 5.60 Å². The van der Waals surface area contributed by atoms with Crippen molar-refractivity contribution in [2.75, 3.05) is 12.8 Å². The summed E-state index contributed by atoms with van der Waals surface area (Å²) in [5, 5.41) is 14.9. The van der Waals surface area contributed by atoms with Crippen molar-refractivity contribution in [1.29, 1.82) is 0 Å². The van der Waals surface area contributed by atoms with Crippen LogP contribution in [0.3, 0.4) is 0 Å². The highest BCUT2D eigenvalue weighted by atomic mass is 32.2. The lowest BCUT2D eigenvalue weighted by Gasteiger charge is -2.37. The first-order valence-corrected chi connectivity index (χ1v) is 8.51. The van der Waals surface area contributed by atoms with Gasteiger partial charge in [-0.25, -0.2) is 0 Å². The molecule has 3 heteroatoms. The Morgan fingerprint density at radius 1 is 1.12 bits per heavy atom. The molecule has 0 aromatic rings. The second-order valence-electron chi connectivity index (χ2n) is 5.83. The fraction of sp³-hybridized carbons (Fsp3) is 1.00. The molecular formula is C14H27NOS. The molecule has 0 heterocycles. The molecule has 0 aromatic carbocycles. The molecule has 0 radical (unpaired) electrons. The largest absolute Gasteiger partial charge is 0.389 e. The van der Waals surface area contributed by atoms with Crippen LogP contribution in [0.4, 0.5) is 0 Å². The zero-order valence-electron chi connectivity index (χ0n) is 11.1. The van der Waals surface area contributed by atoms with Crippen molar-refractivity contribution in [2.45, 2.75) is 74.7 Å². The molecule has 2 unspecified atom stereocenters. The average molecular weight is 257 g/mol. The van der Waals surface area contributed by atoms with Crippen LogP contribution in [0.15, 0.2) is 0 Å². The molecule has 0 saturated heterocycles. The molecule has 0 amide bonds. The Bertz CT molecular complexity index is 228. The molecule has 100 valence electrons. The van der Waals surface area contributed by atoms with E-state index in [9.17, 15) is 5.11 Å². The predicted molar refractivity (Wildman–Crippen MR) is 75.6 cm³/mol. The summed E-state index contributed by atoms with van der Waals surface area (Å²) in [5.74, 6) is 0. The summed E-state index contributed by atoms with van der Waals surface area (Å²) in [5.41, 5.74) is -0.404. The van der Waals surface area contributed by atoms with Crippen molar-refractivity contribution in [3.05, 3.63) is 0 Å². The number of thioether (sulfide) groups is 1. The topological polar surface area (TPSA) is 32.3 Å². The van der Waals surface area contributed by atoms with Crippen LogP contribution in [0.1, 0.15) is 57.8 Å². The van der Waals surface area contributed by atoms with Gasteiger partial charge in [0.15, 0.2) is 0 Å². The third-order valence-corrected chi connectivity index (χ3v) is 5.65. The van der Waals surface area contributed by atoms with Crippen LogP contribution in [-0.4, -0.2) is 34.8 Å². The summed E-state index contributed by atoms with van der Waals surface area (Å²) in [4.78, 5) is 0. The molecule has 0 aliphatic heterocycles. The van der Waals surface area contributed by atoms with E-state index in [1.807, 2.05) is 11.8 Å². The minimum Gasteiger partial charge on any atom is -0.389 e. The molecule has 0 bridgehead atoms. The van der Waals surface area contributed by atoms with Crippen LogP contribution in [0.25, 0.3) is 0 Å². The summed E-state index contributed by atoms with van der Waals surface area (Å²) in [6.07, 6.45) is 13.3. The maximum absolute atomic E-state index is 10.5. The van der Waals surface area contributed by atoms with E-state index in [-0.39, 0.29) is 0 Å². The standard InChI is InChI=1S/C14H27NOS/c1-17-13-8-4-3-7-12(13)15-11-14(16)9-5-2-6-10-14/h12-13,15-16H,2-11H2,1H3.